The highest BCUT2D eigenvalue weighted by molar-refractivity contribution is 5.77. The molecule has 4 N–H and O–H groups in total. The summed E-state index contributed by atoms with van der Waals surface area (Å²) in [5.41, 5.74) is 12.1. The van der Waals surface area contributed by atoms with Gasteiger partial charge in [0.1, 0.15) is 0 Å². The molecule has 0 aliphatic heterocycles. The molecule has 0 fully saturated rings. The molecular formula is C30H34N6. The Bertz CT molecular complexity index is 1250. The molecule has 0 radical (unpaired) electrons. The van der Waals surface area contributed by atoms with Gasteiger partial charge >= 0.3 is 0 Å². The molecule has 2 aromatic carbocycles. The van der Waals surface area contributed by atoms with Crippen molar-refractivity contribution in [2.45, 2.75) is 38.6 Å². The molecule has 0 bridgehead atoms. The van der Waals surface area contributed by atoms with Crippen LogP contribution in [0.15, 0.2) is 92.0 Å². The van der Waals surface area contributed by atoms with Crippen molar-refractivity contribution in [3.05, 3.63) is 115 Å². The van der Waals surface area contributed by atoms with Crippen LogP contribution in [0.1, 0.15) is 49.2 Å². The second-order valence-corrected chi connectivity index (χ2v) is 9.11. The molecule has 0 aliphatic rings. The van der Waals surface area contributed by atoms with E-state index in [1.165, 1.54) is 11.8 Å². The van der Waals surface area contributed by atoms with E-state index in [0.717, 1.165) is 48.3 Å². The van der Waals surface area contributed by atoms with Gasteiger partial charge in [-0.3, -0.25) is 0 Å². The second-order valence-electron chi connectivity index (χ2n) is 9.11. The highest BCUT2D eigenvalue weighted by Gasteiger charge is 2.23. The molecule has 36 heavy (non-hydrogen) atoms. The summed E-state index contributed by atoms with van der Waals surface area (Å²) in [4.78, 5) is 9.20. The smallest absolute Gasteiger partial charge is 0.161 e. The standard InChI is InChI=1S/C30H34N6/c1-5-33-19-17-30(4,36-22(2)3)16-14-23-6-12-26(13-7-23)28-15-18-34-29(35-28)27(21-32)25-10-8-24(20-31)9-11-25/h5-13,15,18,21,33,36H,1-2,14,16-17,19,32H2,3-4H3. The van der Waals surface area contributed by atoms with Crippen molar-refractivity contribution in [3.63, 3.8) is 0 Å². The Labute approximate surface area is 214 Å². The summed E-state index contributed by atoms with van der Waals surface area (Å²) in [6.07, 6.45) is 7.86. The maximum Gasteiger partial charge on any atom is 0.161 e. The fourth-order valence-corrected chi connectivity index (χ4v) is 4.15. The van der Waals surface area contributed by atoms with Crippen LogP contribution in [0.4, 0.5) is 0 Å². The Morgan fingerprint density at radius 1 is 1.11 bits per heavy atom. The van der Waals surface area contributed by atoms with E-state index in [1.807, 2.05) is 25.1 Å². The lowest BCUT2D eigenvalue weighted by molar-refractivity contribution is 0.335. The number of nitrogens with one attached hydrogen (secondary N) is 2. The number of rotatable bonds is 12. The van der Waals surface area contributed by atoms with E-state index in [0.29, 0.717) is 17.0 Å². The second kappa shape index (κ2) is 12.4. The first-order valence-electron chi connectivity index (χ1n) is 12.0. The Balaban J connectivity index is 1.74. The van der Waals surface area contributed by atoms with E-state index in [4.69, 9.17) is 16.0 Å². The molecule has 3 rings (SSSR count). The SMILES string of the molecule is C=CNCCC(C)(CCc1ccc(-c2ccnc(C(=CN)c3ccc(C#N)cc3)n2)cc1)NC(=C)C. The number of nitrogens with two attached hydrogens (primary N) is 1. The van der Waals surface area contributed by atoms with Gasteiger partial charge in [0.25, 0.3) is 0 Å². The highest BCUT2D eigenvalue weighted by atomic mass is 15.0. The van der Waals surface area contributed by atoms with Crippen LogP contribution in [0.25, 0.3) is 16.8 Å². The molecule has 0 aliphatic carbocycles. The van der Waals surface area contributed by atoms with Crippen molar-refractivity contribution in [2.75, 3.05) is 6.54 Å². The van der Waals surface area contributed by atoms with Gasteiger partial charge in [-0.25, -0.2) is 9.97 Å². The van der Waals surface area contributed by atoms with Crippen molar-refractivity contribution in [2.24, 2.45) is 5.73 Å². The van der Waals surface area contributed by atoms with E-state index >= 15 is 0 Å². The summed E-state index contributed by atoms with van der Waals surface area (Å²) >= 11 is 0. The summed E-state index contributed by atoms with van der Waals surface area (Å²) in [5.74, 6) is 0.540. The number of nitriles is 1. The third-order valence-electron chi connectivity index (χ3n) is 6.08. The quantitative estimate of drug-likeness (QED) is 0.306. The molecule has 0 spiro atoms. The van der Waals surface area contributed by atoms with Gasteiger partial charge < -0.3 is 16.4 Å². The molecule has 184 valence electrons. The van der Waals surface area contributed by atoms with E-state index in [-0.39, 0.29) is 5.54 Å². The van der Waals surface area contributed by atoms with Crippen LogP contribution in [-0.4, -0.2) is 22.1 Å². The average Bonchev–Trinajstić information content (AvgIpc) is 2.89. The van der Waals surface area contributed by atoms with Gasteiger partial charge in [-0.2, -0.15) is 5.26 Å². The van der Waals surface area contributed by atoms with Gasteiger partial charge in [-0.15, -0.1) is 0 Å². The fraction of sp³-hybridized carbons (Fsp3) is 0.233. The summed E-state index contributed by atoms with van der Waals surface area (Å²) in [7, 11) is 0. The molecular weight excluding hydrogens is 444 g/mol. The fourth-order valence-electron chi connectivity index (χ4n) is 4.15. The molecule has 6 heteroatoms. The number of hydrogen-bond acceptors (Lipinski definition) is 6. The average molecular weight is 479 g/mol. The monoisotopic (exact) mass is 478 g/mol. The highest BCUT2D eigenvalue weighted by Crippen LogP contribution is 2.25. The zero-order chi connectivity index (χ0) is 26.0. The van der Waals surface area contributed by atoms with Crippen LogP contribution in [0.2, 0.25) is 0 Å². The predicted octanol–water partition coefficient (Wildman–Crippen LogP) is 5.30. The zero-order valence-corrected chi connectivity index (χ0v) is 21.1. The molecule has 3 aromatic rings. The Morgan fingerprint density at radius 3 is 2.44 bits per heavy atom. The minimum atomic E-state index is -0.0571. The molecule has 6 nitrogen and oxygen atoms in total. The van der Waals surface area contributed by atoms with Gasteiger partial charge in [-0.05, 0) is 68.6 Å². The first-order valence-corrected chi connectivity index (χ1v) is 12.0. The van der Waals surface area contributed by atoms with Crippen LogP contribution in [0.5, 0.6) is 0 Å². The minimum Gasteiger partial charge on any atom is -0.404 e. The molecule has 1 heterocycles. The molecule has 0 saturated heterocycles. The first-order chi connectivity index (χ1) is 17.4. The third kappa shape index (κ3) is 7.07. The summed E-state index contributed by atoms with van der Waals surface area (Å²) < 4.78 is 0. The maximum absolute atomic E-state index is 9.05. The third-order valence-corrected chi connectivity index (χ3v) is 6.08. The van der Waals surface area contributed by atoms with Gasteiger partial charge in [-0.1, -0.05) is 49.6 Å². The first kappa shape index (κ1) is 26.2. The van der Waals surface area contributed by atoms with Crippen molar-refractivity contribution in [1.82, 2.24) is 20.6 Å². The van der Waals surface area contributed by atoms with Crippen molar-refractivity contribution in [3.8, 4) is 17.3 Å². The normalized spacial score (nSPS) is 12.8. The van der Waals surface area contributed by atoms with Gasteiger partial charge in [0, 0.05) is 41.3 Å². The maximum atomic E-state index is 9.05. The number of aryl methyl sites for hydroxylation is 1. The van der Waals surface area contributed by atoms with E-state index in [2.05, 4.69) is 66.0 Å². The Hall–Kier alpha value is -4.37. The van der Waals surface area contributed by atoms with Crippen molar-refractivity contribution < 1.29 is 0 Å². The van der Waals surface area contributed by atoms with Crippen LogP contribution in [0, 0.1) is 11.3 Å². The van der Waals surface area contributed by atoms with Gasteiger partial charge in [0.2, 0.25) is 0 Å². The topological polar surface area (TPSA) is 99.6 Å². The van der Waals surface area contributed by atoms with Crippen LogP contribution in [-0.2, 0) is 6.42 Å². The van der Waals surface area contributed by atoms with Crippen molar-refractivity contribution >= 4 is 5.57 Å². The molecule has 0 saturated carbocycles. The van der Waals surface area contributed by atoms with Crippen molar-refractivity contribution in [1.29, 1.82) is 5.26 Å². The lowest BCUT2D eigenvalue weighted by Crippen LogP contribution is -2.43. The molecule has 1 unspecified atom stereocenters. The number of nitrogens with zero attached hydrogens (tertiary/aromatic N) is 3. The number of benzene rings is 2. The largest absolute Gasteiger partial charge is 0.404 e. The lowest BCUT2D eigenvalue weighted by Gasteiger charge is -2.32. The molecule has 1 atom stereocenters. The summed E-state index contributed by atoms with van der Waals surface area (Å²) in [5, 5.41) is 15.8. The number of allylic oxidation sites excluding steroid dienone is 1. The molecule has 1 aromatic heterocycles. The van der Waals surface area contributed by atoms with Crippen LogP contribution >= 0.6 is 0 Å². The van der Waals surface area contributed by atoms with E-state index in [9.17, 15) is 0 Å². The van der Waals surface area contributed by atoms with E-state index < -0.39 is 0 Å². The number of aromatic nitrogens is 2. The summed E-state index contributed by atoms with van der Waals surface area (Å²) in [6, 6.07) is 19.7. The Kier molecular flexibility index (Phi) is 9.01. The van der Waals surface area contributed by atoms with E-state index in [1.54, 1.807) is 24.5 Å². The van der Waals surface area contributed by atoms with Crippen LogP contribution in [0.3, 0.4) is 0 Å². The summed E-state index contributed by atoms with van der Waals surface area (Å²) in [6.45, 7) is 12.9. The van der Waals surface area contributed by atoms with Gasteiger partial charge in [0.05, 0.1) is 17.3 Å². The minimum absolute atomic E-state index is 0.0571. The zero-order valence-electron chi connectivity index (χ0n) is 21.1. The lowest BCUT2D eigenvalue weighted by atomic mass is 9.89. The molecule has 0 amide bonds. The van der Waals surface area contributed by atoms with Gasteiger partial charge in [0.15, 0.2) is 5.82 Å². The Morgan fingerprint density at radius 2 is 1.83 bits per heavy atom. The predicted molar refractivity (Wildman–Crippen MR) is 147 cm³/mol. The number of hydrogen-bond donors (Lipinski definition) is 3. The van der Waals surface area contributed by atoms with Crippen LogP contribution < -0.4 is 16.4 Å².